The Hall–Kier alpha value is -2.57. The van der Waals surface area contributed by atoms with Crippen LogP contribution in [0.3, 0.4) is 0 Å². The van der Waals surface area contributed by atoms with Gasteiger partial charge in [-0.15, -0.1) is 0 Å². The van der Waals surface area contributed by atoms with Crippen molar-refractivity contribution in [3.63, 3.8) is 0 Å². The summed E-state index contributed by atoms with van der Waals surface area (Å²) in [4.78, 5) is 32.8. The molecule has 7 heteroatoms. The van der Waals surface area contributed by atoms with Crippen molar-refractivity contribution in [3.8, 4) is 0 Å². The molecule has 0 atom stereocenters. The van der Waals surface area contributed by atoms with Gasteiger partial charge in [0.05, 0.1) is 6.54 Å². The SMILES string of the molecule is NC(=O)CNC(=O)CNC(=O)OCc1ccccc1. The van der Waals surface area contributed by atoms with Gasteiger partial charge in [-0.3, -0.25) is 9.59 Å². The van der Waals surface area contributed by atoms with Gasteiger partial charge in [-0.1, -0.05) is 30.3 Å². The van der Waals surface area contributed by atoms with Gasteiger partial charge < -0.3 is 21.1 Å². The summed E-state index contributed by atoms with van der Waals surface area (Å²) in [6.07, 6.45) is -0.710. The summed E-state index contributed by atoms with van der Waals surface area (Å²) in [6.45, 7) is -0.421. The number of primary amides is 1. The van der Waals surface area contributed by atoms with E-state index in [9.17, 15) is 14.4 Å². The standard InChI is InChI=1S/C12H15N3O4/c13-10(16)6-14-11(17)7-15-12(18)19-8-9-4-2-1-3-5-9/h1-5H,6-8H2,(H2,13,16)(H,14,17)(H,15,18). The highest BCUT2D eigenvalue weighted by atomic mass is 16.5. The lowest BCUT2D eigenvalue weighted by molar-refractivity contribution is -0.124. The third-order valence-corrected chi connectivity index (χ3v) is 2.07. The third kappa shape index (κ3) is 6.67. The molecule has 0 unspecified atom stereocenters. The van der Waals surface area contributed by atoms with Gasteiger partial charge in [-0.05, 0) is 5.56 Å². The number of benzene rings is 1. The molecule has 4 N–H and O–H groups in total. The largest absolute Gasteiger partial charge is 0.445 e. The Labute approximate surface area is 110 Å². The first kappa shape index (κ1) is 14.5. The van der Waals surface area contributed by atoms with Gasteiger partial charge in [0.2, 0.25) is 11.8 Å². The first-order valence-corrected chi connectivity index (χ1v) is 5.57. The van der Waals surface area contributed by atoms with Crippen molar-refractivity contribution in [2.75, 3.05) is 13.1 Å². The van der Waals surface area contributed by atoms with Gasteiger partial charge in [0.25, 0.3) is 0 Å². The van der Waals surface area contributed by atoms with Crippen molar-refractivity contribution in [3.05, 3.63) is 35.9 Å². The van der Waals surface area contributed by atoms with E-state index in [1.165, 1.54) is 0 Å². The van der Waals surface area contributed by atoms with Crippen LogP contribution >= 0.6 is 0 Å². The number of carbonyl (C=O) groups excluding carboxylic acids is 3. The van der Waals surface area contributed by atoms with E-state index >= 15 is 0 Å². The normalized spacial score (nSPS) is 9.47. The topological polar surface area (TPSA) is 111 Å². The Morgan fingerprint density at radius 2 is 1.74 bits per heavy atom. The fourth-order valence-electron chi connectivity index (χ4n) is 1.17. The van der Waals surface area contributed by atoms with Crippen molar-refractivity contribution in [1.29, 1.82) is 0 Å². The zero-order valence-corrected chi connectivity index (χ0v) is 10.2. The summed E-state index contributed by atoms with van der Waals surface area (Å²) in [7, 11) is 0. The van der Waals surface area contributed by atoms with Crippen LogP contribution < -0.4 is 16.4 Å². The van der Waals surface area contributed by atoms with Gasteiger partial charge in [0.1, 0.15) is 13.2 Å². The minimum atomic E-state index is -0.710. The van der Waals surface area contributed by atoms with E-state index in [0.717, 1.165) is 5.56 Å². The van der Waals surface area contributed by atoms with Gasteiger partial charge >= 0.3 is 6.09 Å². The van der Waals surface area contributed by atoms with E-state index in [4.69, 9.17) is 10.5 Å². The maximum atomic E-state index is 11.3. The van der Waals surface area contributed by atoms with Crippen molar-refractivity contribution in [2.45, 2.75) is 6.61 Å². The number of nitrogens with one attached hydrogen (secondary N) is 2. The van der Waals surface area contributed by atoms with Crippen molar-refractivity contribution >= 4 is 17.9 Å². The molecule has 0 aromatic heterocycles. The molecule has 0 saturated carbocycles. The van der Waals surface area contributed by atoms with E-state index in [1.807, 2.05) is 30.3 Å². The van der Waals surface area contributed by atoms with E-state index in [1.54, 1.807) is 0 Å². The van der Waals surface area contributed by atoms with Crippen molar-refractivity contribution in [1.82, 2.24) is 10.6 Å². The summed E-state index contributed by atoms with van der Waals surface area (Å²) in [5, 5.41) is 4.48. The second-order valence-electron chi connectivity index (χ2n) is 3.66. The number of hydrogen-bond donors (Lipinski definition) is 3. The number of amides is 3. The highest BCUT2D eigenvalue weighted by Gasteiger charge is 2.06. The predicted octanol–water partition coefficient (Wildman–Crippen LogP) is -0.486. The van der Waals surface area contributed by atoms with E-state index in [0.29, 0.717) is 0 Å². The van der Waals surface area contributed by atoms with Crippen LogP contribution in [0.25, 0.3) is 0 Å². The molecule has 0 aliphatic carbocycles. The maximum Gasteiger partial charge on any atom is 0.407 e. The van der Waals surface area contributed by atoms with Crippen LogP contribution in [-0.2, 0) is 20.9 Å². The molecule has 1 aromatic carbocycles. The summed E-state index contributed by atoms with van der Waals surface area (Å²) in [5.74, 6) is -1.17. The molecule has 0 fully saturated rings. The van der Waals surface area contributed by atoms with Gasteiger partial charge in [-0.25, -0.2) is 4.79 Å². The molecule has 1 aromatic rings. The number of rotatable bonds is 6. The van der Waals surface area contributed by atoms with E-state index in [2.05, 4.69) is 10.6 Å². The Morgan fingerprint density at radius 1 is 1.05 bits per heavy atom. The second-order valence-corrected chi connectivity index (χ2v) is 3.66. The first-order valence-electron chi connectivity index (χ1n) is 5.57. The highest BCUT2D eigenvalue weighted by molar-refractivity contribution is 5.86. The lowest BCUT2D eigenvalue weighted by Gasteiger charge is -2.07. The van der Waals surface area contributed by atoms with Crippen LogP contribution in [0.2, 0.25) is 0 Å². The second kappa shape index (κ2) is 7.70. The summed E-state index contributed by atoms with van der Waals surface area (Å²) < 4.78 is 4.88. The van der Waals surface area contributed by atoms with Crippen LogP contribution in [0.4, 0.5) is 4.79 Å². The molecule has 7 nitrogen and oxygen atoms in total. The average Bonchev–Trinajstić information content (AvgIpc) is 2.41. The van der Waals surface area contributed by atoms with Crippen LogP contribution in [0.15, 0.2) is 30.3 Å². The molecule has 0 spiro atoms. The Morgan fingerprint density at radius 3 is 2.37 bits per heavy atom. The lowest BCUT2D eigenvalue weighted by atomic mass is 10.2. The molecule has 1 rings (SSSR count). The minimum Gasteiger partial charge on any atom is -0.445 e. The summed E-state index contributed by atoms with van der Waals surface area (Å²) in [6, 6.07) is 9.13. The number of alkyl carbamates (subject to hydrolysis) is 1. The number of carbonyl (C=O) groups is 3. The molecule has 0 aliphatic rings. The predicted molar refractivity (Wildman–Crippen MR) is 66.8 cm³/mol. The first-order chi connectivity index (χ1) is 9.08. The van der Waals surface area contributed by atoms with E-state index in [-0.39, 0.29) is 19.7 Å². The van der Waals surface area contributed by atoms with Crippen LogP contribution in [-0.4, -0.2) is 31.0 Å². The molecule has 0 bridgehead atoms. The average molecular weight is 265 g/mol. The fourth-order valence-corrected chi connectivity index (χ4v) is 1.17. The van der Waals surface area contributed by atoms with Crippen molar-refractivity contribution in [2.24, 2.45) is 5.73 Å². The van der Waals surface area contributed by atoms with Crippen LogP contribution in [0.5, 0.6) is 0 Å². The molecule has 102 valence electrons. The number of nitrogens with two attached hydrogens (primary N) is 1. The van der Waals surface area contributed by atoms with Gasteiger partial charge in [-0.2, -0.15) is 0 Å². The summed E-state index contributed by atoms with van der Waals surface area (Å²) in [5.41, 5.74) is 5.69. The van der Waals surface area contributed by atoms with Crippen LogP contribution in [0.1, 0.15) is 5.56 Å². The molecule has 19 heavy (non-hydrogen) atoms. The Kier molecular flexibility index (Phi) is 5.87. The summed E-state index contributed by atoms with van der Waals surface area (Å²) >= 11 is 0. The third-order valence-electron chi connectivity index (χ3n) is 2.07. The molecule has 3 amide bonds. The smallest absolute Gasteiger partial charge is 0.407 e. The van der Waals surface area contributed by atoms with Gasteiger partial charge in [0, 0.05) is 0 Å². The number of ether oxygens (including phenoxy) is 1. The Balaban J connectivity index is 2.17. The monoisotopic (exact) mass is 265 g/mol. The number of hydrogen-bond acceptors (Lipinski definition) is 4. The molecule has 0 heterocycles. The van der Waals surface area contributed by atoms with Crippen LogP contribution in [0, 0.1) is 0 Å². The quantitative estimate of drug-likeness (QED) is 0.644. The van der Waals surface area contributed by atoms with E-state index < -0.39 is 17.9 Å². The molecule has 0 aliphatic heterocycles. The lowest BCUT2D eigenvalue weighted by Crippen LogP contribution is -2.40. The Bertz CT molecular complexity index is 448. The fraction of sp³-hybridized carbons (Fsp3) is 0.250. The molecule has 0 radical (unpaired) electrons. The molecular weight excluding hydrogens is 250 g/mol. The van der Waals surface area contributed by atoms with Gasteiger partial charge in [0.15, 0.2) is 0 Å². The molecule has 0 saturated heterocycles. The van der Waals surface area contributed by atoms with Crippen molar-refractivity contribution < 1.29 is 19.1 Å². The maximum absolute atomic E-state index is 11.3. The molecular formula is C12H15N3O4. The highest BCUT2D eigenvalue weighted by Crippen LogP contribution is 2.00. The zero-order chi connectivity index (χ0) is 14.1. The minimum absolute atomic E-state index is 0.121. The zero-order valence-electron chi connectivity index (χ0n) is 10.2.